The number of fused-ring (bicyclic) bond motifs is 1. The summed E-state index contributed by atoms with van der Waals surface area (Å²) >= 11 is 1.71. The number of hydrogen-bond acceptors (Lipinski definition) is 4. The zero-order valence-corrected chi connectivity index (χ0v) is 20.5. The van der Waals surface area contributed by atoms with Crippen LogP contribution in [-0.2, 0) is 19.4 Å². The second-order valence-electron chi connectivity index (χ2n) is 8.28. The number of hydrogen-bond donors (Lipinski definition) is 1. The van der Waals surface area contributed by atoms with E-state index in [-0.39, 0.29) is 5.91 Å². The number of aryl methyl sites for hydroxylation is 2. The predicted octanol–water partition coefficient (Wildman–Crippen LogP) is 6.38. The van der Waals surface area contributed by atoms with Crippen LogP contribution in [0, 0.1) is 0 Å². The Morgan fingerprint density at radius 2 is 1.70 bits per heavy atom. The molecule has 0 saturated carbocycles. The summed E-state index contributed by atoms with van der Waals surface area (Å²) in [5.41, 5.74) is 6.61. The number of nitrogens with zero attached hydrogens (tertiary/aromatic N) is 1. The summed E-state index contributed by atoms with van der Waals surface area (Å²) in [7, 11) is 0. The average molecular weight is 461 g/mol. The molecule has 1 heterocycles. The smallest absolute Gasteiger partial charge is 0.251 e. The van der Waals surface area contributed by atoms with Gasteiger partial charge in [-0.15, -0.1) is 11.8 Å². The van der Waals surface area contributed by atoms with Crippen molar-refractivity contribution >= 4 is 29.0 Å². The Hall–Kier alpha value is -2.92. The van der Waals surface area contributed by atoms with Crippen molar-refractivity contribution < 1.29 is 9.53 Å². The lowest BCUT2D eigenvalue weighted by molar-refractivity contribution is 0.0950. The quantitative estimate of drug-likeness (QED) is 0.415. The zero-order chi connectivity index (χ0) is 23.2. The van der Waals surface area contributed by atoms with E-state index in [0.29, 0.717) is 18.7 Å². The number of benzene rings is 3. The van der Waals surface area contributed by atoms with E-state index >= 15 is 0 Å². The Morgan fingerprint density at radius 1 is 0.970 bits per heavy atom. The van der Waals surface area contributed by atoms with Crippen LogP contribution in [-0.4, -0.2) is 25.3 Å². The molecule has 3 aromatic rings. The Balaban J connectivity index is 1.55. The number of anilines is 2. The molecule has 4 nitrogen and oxygen atoms in total. The minimum atomic E-state index is -0.0904. The van der Waals surface area contributed by atoms with Crippen molar-refractivity contribution in [3.8, 4) is 5.75 Å². The van der Waals surface area contributed by atoms with Gasteiger partial charge < -0.3 is 15.0 Å². The second-order valence-corrected chi connectivity index (χ2v) is 9.16. The third kappa shape index (κ3) is 5.53. The molecule has 1 aliphatic heterocycles. The van der Waals surface area contributed by atoms with Gasteiger partial charge in [0.05, 0.1) is 12.3 Å². The largest absolute Gasteiger partial charge is 0.491 e. The molecule has 1 aliphatic rings. The molecule has 0 aliphatic carbocycles. The molecule has 0 bridgehead atoms. The molecule has 4 rings (SSSR count). The molecule has 5 heteroatoms. The first-order chi connectivity index (χ1) is 16.1. The van der Waals surface area contributed by atoms with Gasteiger partial charge >= 0.3 is 0 Å². The van der Waals surface area contributed by atoms with Gasteiger partial charge in [-0.3, -0.25) is 4.79 Å². The van der Waals surface area contributed by atoms with Crippen molar-refractivity contribution in [1.82, 2.24) is 5.32 Å². The summed E-state index contributed by atoms with van der Waals surface area (Å²) in [5.74, 6) is 0.678. The molecule has 0 unspecified atom stereocenters. The first-order valence-electron chi connectivity index (χ1n) is 11.7. The van der Waals surface area contributed by atoms with E-state index in [1.165, 1.54) is 21.7 Å². The number of carbonyl (C=O) groups is 1. The molecule has 1 N–H and O–H groups in total. The Labute approximate surface area is 201 Å². The van der Waals surface area contributed by atoms with Crippen molar-refractivity contribution in [2.75, 3.05) is 24.3 Å². The van der Waals surface area contributed by atoms with Crippen LogP contribution in [0.25, 0.3) is 0 Å². The van der Waals surface area contributed by atoms with Gasteiger partial charge in [-0.2, -0.15) is 0 Å². The van der Waals surface area contributed by atoms with Gasteiger partial charge in [-0.05, 0) is 84.7 Å². The van der Waals surface area contributed by atoms with Gasteiger partial charge in [-0.1, -0.05) is 32.0 Å². The van der Waals surface area contributed by atoms with E-state index in [1.54, 1.807) is 11.8 Å². The van der Waals surface area contributed by atoms with Crippen LogP contribution in [0.1, 0.15) is 47.3 Å². The van der Waals surface area contributed by atoms with Crippen LogP contribution in [0.4, 0.5) is 11.4 Å². The van der Waals surface area contributed by atoms with Crippen LogP contribution >= 0.6 is 11.8 Å². The number of thioether (sulfide) groups is 1. The number of nitrogens with one attached hydrogen (secondary N) is 1. The van der Waals surface area contributed by atoms with Crippen molar-refractivity contribution in [1.29, 1.82) is 0 Å². The van der Waals surface area contributed by atoms with Gasteiger partial charge in [0.1, 0.15) is 5.75 Å². The summed E-state index contributed by atoms with van der Waals surface area (Å²) in [5, 5.41) is 3.03. The maximum absolute atomic E-state index is 12.8. The summed E-state index contributed by atoms with van der Waals surface area (Å²) < 4.78 is 6.07. The fourth-order valence-corrected chi connectivity index (χ4v) is 4.53. The maximum Gasteiger partial charge on any atom is 0.251 e. The monoisotopic (exact) mass is 460 g/mol. The lowest BCUT2D eigenvalue weighted by Crippen LogP contribution is -2.23. The van der Waals surface area contributed by atoms with E-state index in [0.717, 1.165) is 42.8 Å². The molecule has 0 spiro atoms. The van der Waals surface area contributed by atoms with E-state index in [4.69, 9.17) is 4.74 Å². The average Bonchev–Trinajstić information content (AvgIpc) is 3.09. The van der Waals surface area contributed by atoms with Gasteiger partial charge in [0.15, 0.2) is 0 Å². The highest BCUT2D eigenvalue weighted by Crippen LogP contribution is 2.37. The van der Waals surface area contributed by atoms with Crippen molar-refractivity contribution in [3.63, 3.8) is 0 Å². The normalized spacial score (nSPS) is 13.1. The third-order valence-electron chi connectivity index (χ3n) is 6.07. The van der Waals surface area contributed by atoms with Crippen LogP contribution in [0.15, 0.2) is 65.6 Å². The molecule has 0 atom stereocenters. The highest BCUT2D eigenvalue weighted by atomic mass is 32.2. The SMILES string of the molecule is CCc1cc(CC)cc(N2CCCOc3cc(C(=O)NCc4ccc(SC)cc4)ccc32)c1. The van der Waals surface area contributed by atoms with E-state index < -0.39 is 0 Å². The fraction of sp³-hybridized carbons (Fsp3) is 0.321. The molecule has 1 amide bonds. The highest BCUT2D eigenvalue weighted by Gasteiger charge is 2.20. The molecular weight excluding hydrogens is 428 g/mol. The summed E-state index contributed by atoms with van der Waals surface area (Å²) in [6, 6.07) is 20.9. The second kappa shape index (κ2) is 10.8. The molecule has 33 heavy (non-hydrogen) atoms. The summed E-state index contributed by atoms with van der Waals surface area (Å²) in [6.45, 7) is 6.42. The van der Waals surface area contributed by atoms with Crippen LogP contribution in [0.2, 0.25) is 0 Å². The number of ether oxygens (including phenoxy) is 1. The lowest BCUT2D eigenvalue weighted by Gasteiger charge is -2.25. The molecule has 0 aromatic heterocycles. The number of rotatable bonds is 7. The van der Waals surface area contributed by atoms with Crippen LogP contribution in [0.5, 0.6) is 5.75 Å². The fourth-order valence-electron chi connectivity index (χ4n) is 4.12. The summed E-state index contributed by atoms with van der Waals surface area (Å²) in [6.07, 6.45) is 5.01. The lowest BCUT2D eigenvalue weighted by atomic mass is 10.0. The first kappa shape index (κ1) is 23.2. The molecular formula is C28H32N2O2S. The molecule has 172 valence electrons. The Kier molecular flexibility index (Phi) is 7.61. The summed E-state index contributed by atoms with van der Waals surface area (Å²) in [4.78, 5) is 16.4. The number of carbonyl (C=O) groups excluding carboxylic acids is 1. The minimum absolute atomic E-state index is 0.0904. The Bertz CT molecular complexity index is 1090. The van der Waals surface area contributed by atoms with E-state index in [9.17, 15) is 4.79 Å². The highest BCUT2D eigenvalue weighted by molar-refractivity contribution is 7.98. The number of amides is 1. The molecule has 0 saturated heterocycles. The molecule has 0 radical (unpaired) electrons. The third-order valence-corrected chi connectivity index (χ3v) is 6.82. The van der Waals surface area contributed by atoms with Crippen molar-refractivity contribution in [2.24, 2.45) is 0 Å². The van der Waals surface area contributed by atoms with Crippen LogP contribution in [0.3, 0.4) is 0 Å². The minimum Gasteiger partial charge on any atom is -0.491 e. The van der Waals surface area contributed by atoms with Gasteiger partial charge in [0.25, 0.3) is 5.91 Å². The predicted molar refractivity (Wildman–Crippen MR) is 138 cm³/mol. The molecule has 3 aromatic carbocycles. The topological polar surface area (TPSA) is 41.6 Å². The van der Waals surface area contributed by atoms with Gasteiger partial charge in [-0.25, -0.2) is 0 Å². The van der Waals surface area contributed by atoms with E-state index in [1.807, 2.05) is 18.2 Å². The van der Waals surface area contributed by atoms with Crippen molar-refractivity contribution in [3.05, 3.63) is 82.9 Å². The Morgan fingerprint density at radius 3 is 2.36 bits per heavy atom. The van der Waals surface area contributed by atoms with Gasteiger partial charge in [0.2, 0.25) is 0 Å². The standard InChI is InChI=1S/C28H32N2O2S/c1-4-20-15-21(5-2)17-24(16-20)30-13-6-14-32-27-18-23(9-12-26(27)30)28(31)29-19-22-7-10-25(33-3)11-8-22/h7-12,15-18H,4-6,13-14,19H2,1-3H3,(H,29,31). The first-order valence-corrected chi connectivity index (χ1v) is 12.9. The van der Waals surface area contributed by atoms with Crippen molar-refractivity contribution in [2.45, 2.75) is 44.6 Å². The zero-order valence-electron chi connectivity index (χ0n) is 19.7. The van der Waals surface area contributed by atoms with Gasteiger partial charge in [0, 0.05) is 29.2 Å². The molecule has 0 fully saturated rings. The van der Waals surface area contributed by atoms with Crippen LogP contribution < -0.4 is 15.0 Å². The maximum atomic E-state index is 12.8. The van der Waals surface area contributed by atoms with E-state index in [2.05, 4.69) is 72.8 Å².